The highest BCUT2D eigenvalue weighted by Gasteiger charge is 2.48. The molecule has 1 fully saturated rings. The maximum atomic E-state index is 6.22. The number of halogens is 1. The zero-order valence-corrected chi connectivity index (χ0v) is 11.9. The first-order valence-corrected chi connectivity index (χ1v) is 6.97. The van der Waals surface area contributed by atoms with Gasteiger partial charge < -0.3 is 10.5 Å². The van der Waals surface area contributed by atoms with Gasteiger partial charge in [0.1, 0.15) is 11.9 Å². The maximum Gasteiger partial charge on any atom is 0.127 e. The maximum absolute atomic E-state index is 6.22. The molecule has 0 heterocycles. The third-order valence-electron chi connectivity index (χ3n) is 4.35. The molecule has 2 atom stereocenters. The number of benzene rings is 2. The Hall–Kier alpha value is -1.25. The van der Waals surface area contributed by atoms with Gasteiger partial charge in [-0.3, -0.25) is 0 Å². The number of fused-ring (bicyclic) bond motifs is 1. The topological polar surface area (TPSA) is 35.2 Å². The van der Waals surface area contributed by atoms with Crippen molar-refractivity contribution in [1.82, 2.24) is 0 Å². The molecule has 19 heavy (non-hydrogen) atoms. The van der Waals surface area contributed by atoms with E-state index in [0.717, 1.165) is 28.0 Å². The van der Waals surface area contributed by atoms with Gasteiger partial charge in [-0.15, -0.1) is 0 Å². The highest BCUT2D eigenvalue weighted by Crippen LogP contribution is 2.43. The molecule has 0 aliphatic heterocycles. The predicted molar refractivity (Wildman–Crippen MR) is 79.7 cm³/mol. The van der Waals surface area contributed by atoms with Gasteiger partial charge in [0.05, 0.1) is 0 Å². The normalized spacial score (nSPS) is 25.1. The summed E-state index contributed by atoms with van der Waals surface area (Å²) >= 11 is 6.22. The molecule has 2 aromatic rings. The van der Waals surface area contributed by atoms with Crippen LogP contribution in [0.15, 0.2) is 36.4 Å². The standard InChI is InChI=1S/C16H18ClNO/c1-16(2)14(18)9-15(16)19-13-8-7-12(17)10-5-3-4-6-11(10)13/h3-8,14-15H,9,18H2,1-2H3. The summed E-state index contributed by atoms with van der Waals surface area (Å²) in [6.07, 6.45) is 1.08. The van der Waals surface area contributed by atoms with E-state index >= 15 is 0 Å². The number of ether oxygens (including phenoxy) is 1. The van der Waals surface area contributed by atoms with E-state index in [9.17, 15) is 0 Å². The lowest BCUT2D eigenvalue weighted by Crippen LogP contribution is -2.60. The third kappa shape index (κ3) is 1.99. The lowest BCUT2D eigenvalue weighted by atomic mass is 9.65. The van der Waals surface area contributed by atoms with Crippen molar-refractivity contribution >= 4 is 22.4 Å². The molecule has 0 amide bonds. The Balaban J connectivity index is 1.97. The quantitative estimate of drug-likeness (QED) is 0.899. The van der Waals surface area contributed by atoms with Crippen molar-refractivity contribution in [3.05, 3.63) is 41.4 Å². The van der Waals surface area contributed by atoms with E-state index < -0.39 is 0 Å². The fourth-order valence-corrected chi connectivity index (χ4v) is 2.83. The average Bonchev–Trinajstić information content (AvgIpc) is 2.41. The van der Waals surface area contributed by atoms with Gasteiger partial charge in [0.25, 0.3) is 0 Å². The fraction of sp³-hybridized carbons (Fsp3) is 0.375. The molecular formula is C16H18ClNO. The van der Waals surface area contributed by atoms with Crippen LogP contribution in [0.2, 0.25) is 5.02 Å². The van der Waals surface area contributed by atoms with E-state index in [2.05, 4.69) is 13.8 Å². The molecule has 0 radical (unpaired) electrons. The van der Waals surface area contributed by atoms with Crippen LogP contribution in [0.5, 0.6) is 5.75 Å². The zero-order valence-electron chi connectivity index (χ0n) is 11.2. The average molecular weight is 276 g/mol. The van der Waals surface area contributed by atoms with E-state index in [-0.39, 0.29) is 17.6 Å². The summed E-state index contributed by atoms with van der Waals surface area (Å²) < 4.78 is 6.17. The summed E-state index contributed by atoms with van der Waals surface area (Å²) in [6.45, 7) is 4.31. The van der Waals surface area contributed by atoms with Crippen LogP contribution in [0.25, 0.3) is 10.8 Å². The second-order valence-corrected chi connectivity index (χ2v) is 6.27. The van der Waals surface area contributed by atoms with Crippen LogP contribution in [0, 0.1) is 5.41 Å². The summed E-state index contributed by atoms with van der Waals surface area (Å²) in [6, 6.07) is 12.1. The highest BCUT2D eigenvalue weighted by molar-refractivity contribution is 6.35. The number of rotatable bonds is 2. The van der Waals surface area contributed by atoms with Crippen molar-refractivity contribution in [1.29, 1.82) is 0 Å². The van der Waals surface area contributed by atoms with Gasteiger partial charge in [0.2, 0.25) is 0 Å². The second kappa shape index (κ2) is 4.39. The van der Waals surface area contributed by atoms with Crippen molar-refractivity contribution in [3.63, 3.8) is 0 Å². The van der Waals surface area contributed by atoms with E-state index in [1.807, 2.05) is 36.4 Å². The van der Waals surface area contributed by atoms with E-state index in [4.69, 9.17) is 22.1 Å². The van der Waals surface area contributed by atoms with Crippen molar-refractivity contribution in [2.24, 2.45) is 11.1 Å². The van der Waals surface area contributed by atoms with Crippen LogP contribution in [0.3, 0.4) is 0 Å². The summed E-state index contributed by atoms with van der Waals surface area (Å²) in [7, 11) is 0. The number of hydrogen-bond acceptors (Lipinski definition) is 2. The molecule has 3 rings (SSSR count). The van der Waals surface area contributed by atoms with E-state index in [0.29, 0.717) is 0 Å². The Kier molecular flexibility index (Phi) is 2.95. The first-order chi connectivity index (χ1) is 9.00. The minimum absolute atomic E-state index is 0.0285. The van der Waals surface area contributed by atoms with Crippen molar-refractivity contribution in [2.45, 2.75) is 32.4 Å². The van der Waals surface area contributed by atoms with Crippen LogP contribution < -0.4 is 10.5 Å². The first kappa shape index (κ1) is 12.8. The molecule has 2 unspecified atom stereocenters. The summed E-state index contributed by atoms with van der Waals surface area (Å²) in [4.78, 5) is 0. The van der Waals surface area contributed by atoms with Gasteiger partial charge in [-0.2, -0.15) is 0 Å². The Bertz CT molecular complexity index is 623. The monoisotopic (exact) mass is 275 g/mol. The van der Waals surface area contributed by atoms with Crippen molar-refractivity contribution in [2.75, 3.05) is 0 Å². The first-order valence-electron chi connectivity index (χ1n) is 6.59. The molecule has 2 aromatic carbocycles. The number of nitrogens with two attached hydrogens (primary N) is 1. The second-order valence-electron chi connectivity index (χ2n) is 5.86. The van der Waals surface area contributed by atoms with Crippen LogP contribution >= 0.6 is 11.6 Å². The van der Waals surface area contributed by atoms with Crippen LogP contribution in [0.1, 0.15) is 20.3 Å². The summed E-state index contributed by atoms with van der Waals surface area (Å²) in [5, 5.41) is 2.85. The van der Waals surface area contributed by atoms with Gasteiger partial charge in [-0.25, -0.2) is 0 Å². The Morgan fingerprint density at radius 3 is 2.47 bits per heavy atom. The minimum atomic E-state index is 0.0285. The van der Waals surface area contributed by atoms with Crippen LogP contribution in [-0.4, -0.2) is 12.1 Å². The SMILES string of the molecule is CC1(C)C(N)CC1Oc1ccc(Cl)c2ccccc12. The van der Waals surface area contributed by atoms with Gasteiger partial charge in [-0.1, -0.05) is 49.7 Å². The Morgan fingerprint density at radius 1 is 1.16 bits per heavy atom. The van der Waals surface area contributed by atoms with Crippen molar-refractivity contribution < 1.29 is 4.74 Å². The molecular weight excluding hydrogens is 258 g/mol. The van der Waals surface area contributed by atoms with Crippen molar-refractivity contribution in [3.8, 4) is 5.75 Å². The molecule has 3 heteroatoms. The van der Waals surface area contributed by atoms with E-state index in [1.54, 1.807) is 0 Å². The summed E-state index contributed by atoms with van der Waals surface area (Å²) in [5.74, 6) is 0.893. The minimum Gasteiger partial charge on any atom is -0.489 e. The predicted octanol–water partition coefficient (Wildman–Crippen LogP) is 4.00. The molecule has 0 saturated heterocycles. The molecule has 2 nitrogen and oxygen atoms in total. The van der Waals surface area contributed by atoms with Gasteiger partial charge in [0, 0.05) is 33.7 Å². The lowest BCUT2D eigenvalue weighted by molar-refractivity contribution is -0.0391. The highest BCUT2D eigenvalue weighted by atomic mass is 35.5. The van der Waals surface area contributed by atoms with Gasteiger partial charge >= 0.3 is 0 Å². The summed E-state index contributed by atoms with van der Waals surface area (Å²) in [5.41, 5.74) is 6.06. The molecule has 100 valence electrons. The molecule has 0 bridgehead atoms. The molecule has 1 aliphatic carbocycles. The number of hydrogen-bond donors (Lipinski definition) is 1. The molecule has 0 spiro atoms. The largest absolute Gasteiger partial charge is 0.489 e. The van der Waals surface area contributed by atoms with Crippen LogP contribution in [-0.2, 0) is 0 Å². The molecule has 1 aliphatic rings. The van der Waals surface area contributed by atoms with E-state index in [1.165, 1.54) is 0 Å². The smallest absolute Gasteiger partial charge is 0.127 e. The van der Waals surface area contributed by atoms with Crippen LogP contribution in [0.4, 0.5) is 0 Å². The molecule has 1 saturated carbocycles. The third-order valence-corrected chi connectivity index (χ3v) is 4.68. The Morgan fingerprint density at radius 2 is 1.84 bits per heavy atom. The Labute approximate surface area is 118 Å². The zero-order chi connectivity index (χ0) is 13.6. The molecule has 0 aromatic heterocycles. The van der Waals surface area contributed by atoms with Gasteiger partial charge in [0.15, 0.2) is 0 Å². The molecule has 2 N–H and O–H groups in total. The fourth-order valence-electron chi connectivity index (χ4n) is 2.61. The lowest BCUT2D eigenvalue weighted by Gasteiger charge is -2.49. The van der Waals surface area contributed by atoms with Gasteiger partial charge in [-0.05, 0) is 12.1 Å².